The number of anilines is 2. The summed E-state index contributed by atoms with van der Waals surface area (Å²) in [5, 5.41) is 11.1. The fourth-order valence-electron chi connectivity index (χ4n) is 1.39. The highest BCUT2D eigenvalue weighted by Crippen LogP contribution is 2.20. The highest BCUT2D eigenvalue weighted by atomic mass is 35.5. The van der Waals surface area contributed by atoms with Crippen molar-refractivity contribution in [2.45, 2.75) is 19.7 Å². The molecule has 1 aromatic carbocycles. The van der Waals surface area contributed by atoms with Gasteiger partial charge in [-0.1, -0.05) is 18.2 Å². The molecule has 0 aliphatic heterocycles. The summed E-state index contributed by atoms with van der Waals surface area (Å²) >= 11 is 5.86. The summed E-state index contributed by atoms with van der Waals surface area (Å²) in [6, 6.07) is 7.79. The van der Waals surface area contributed by atoms with Crippen LogP contribution in [0.15, 0.2) is 24.3 Å². The maximum absolute atomic E-state index is 5.86. The number of alkyl halides is 1. The molecule has 0 radical (unpaired) electrons. The van der Waals surface area contributed by atoms with E-state index < -0.39 is 0 Å². The Kier molecular flexibility index (Phi) is 3.54. The molecule has 0 bridgehead atoms. The van der Waals surface area contributed by atoms with E-state index in [0.29, 0.717) is 11.8 Å². The van der Waals surface area contributed by atoms with Gasteiger partial charge in [0.25, 0.3) is 0 Å². The molecule has 0 saturated carbocycles. The lowest BCUT2D eigenvalue weighted by molar-refractivity contribution is 0.904. The Hall–Kier alpha value is -1.68. The number of halogens is 1. The van der Waals surface area contributed by atoms with E-state index in [9.17, 15) is 0 Å². The van der Waals surface area contributed by atoms with Crippen LogP contribution in [0.4, 0.5) is 11.6 Å². The van der Waals surface area contributed by atoms with Crippen molar-refractivity contribution in [1.82, 2.24) is 15.2 Å². The lowest BCUT2D eigenvalue weighted by atomic mass is 10.2. The van der Waals surface area contributed by atoms with Crippen molar-refractivity contribution in [2.75, 3.05) is 5.32 Å². The molecule has 0 spiro atoms. The van der Waals surface area contributed by atoms with E-state index in [0.717, 1.165) is 22.6 Å². The van der Waals surface area contributed by atoms with E-state index in [1.165, 1.54) is 0 Å². The van der Waals surface area contributed by atoms with Crippen LogP contribution in [-0.2, 0) is 5.88 Å². The third-order valence-corrected chi connectivity index (χ3v) is 2.79. The quantitative estimate of drug-likeness (QED) is 0.849. The number of nitrogens with one attached hydrogen (secondary N) is 1. The predicted molar refractivity (Wildman–Crippen MR) is 68.6 cm³/mol. The maximum atomic E-state index is 5.86. The van der Waals surface area contributed by atoms with E-state index in [2.05, 4.69) is 20.5 Å². The smallest absolute Gasteiger partial charge is 0.247 e. The summed E-state index contributed by atoms with van der Waals surface area (Å²) in [6.45, 7) is 3.79. The molecule has 2 rings (SSSR count). The first-order chi connectivity index (χ1) is 8.20. The minimum absolute atomic E-state index is 0.446. The van der Waals surface area contributed by atoms with Gasteiger partial charge in [-0.3, -0.25) is 0 Å². The Balaban J connectivity index is 2.28. The molecule has 0 unspecified atom stereocenters. The first-order valence-electron chi connectivity index (χ1n) is 5.29. The van der Waals surface area contributed by atoms with Crippen molar-refractivity contribution in [1.29, 1.82) is 0 Å². The fraction of sp³-hybridized carbons (Fsp3) is 0.250. The molecule has 0 aliphatic carbocycles. The second-order valence-electron chi connectivity index (χ2n) is 3.72. The standard InChI is InChI=1S/C12H13ClN4/c1-8-9(2)16-17-12(14-8)15-11-6-4-3-5-10(11)7-13/h3-6H,7H2,1-2H3,(H,14,15,17). The molecule has 1 heterocycles. The lowest BCUT2D eigenvalue weighted by Gasteiger charge is -2.08. The summed E-state index contributed by atoms with van der Waals surface area (Å²) in [5.74, 6) is 0.937. The van der Waals surface area contributed by atoms with E-state index in [-0.39, 0.29) is 0 Å². The van der Waals surface area contributed by atoms with Crippen molar-refractivity contribution >= 4 is 23.2 Å². The second kappa shape index (κ2) is 5.10. The van der Waals surface area contributed by atoms with Crippen molar-refractivity contribution in [3.63, 3.8) is 0 Å². The molecule has 4 nitrogen and oxygen atoms in total. The Labute approximate surface area is 105 Å². The van der Waals surface area contributed by atoms with Crippen molar-refractivity contribution < 1.29 is 0 Å². The first kappa shape index (κ1) is 11.8. The van der Waals surface area contributed by atoms with Gasteiger partial charge in [0, 0.05) is 11.6 Å². The topological polar surface area (TPSA) is 50.7 Å². The minimum atomic E-state index is 0.446. The van der Waals surface area contributed by atoms with Crippen molar-refractivity contribution in [2.24, 2.45) is 0 Å². The largest absolute Gasteiger partial charge is 0.323 e. The van der Waals surface area contributed by atoms with Crippen LogP contribution in [0.1, 0.15) is 17.0 Å². The molecule has 0 aliphatic rings. The molecular weight excluding hydrogens is 236 g/mol. The molecule has 17 heavy (non-hydrogen) atoms. The molecule has 0 atom stereocenters. The zero-order chi connectivity index (χ0) is 12.3. The van der Waals surface area contributed by atoms with Gasteiger partial charge in [0.05, 0.1) is 11.4 Å². The van der Waals surface area contributed by atoms with Crippen molar-refractivity contribution in [3.05, 3.63) is 41.2 Å². The number of para-hydroxylation sites is 1. The van der Waals surface area contributed by atoms with Gasteiger partial charge in [0.1, 0.15) is 0 Å². The third kappa shape index (κ3) is 2.71. The van der Waals surface area contributed by atoms with E-state index >= 15 is 0 Å². The van der Waals surface area contributed by atoms with Crippen LogP contribution in [-0.4, -0.2) is 15.2 Å². The van der Waals surface area contributed by atoms with E-state index in [1.54, 1.807) is 0 Å². The highest BCUT2D eigenvalue weighted by molar-refractivity contribution is 6.17. The lowest BCUT2D eigenvalue weighted by Crippen LogP contribution is -2.04. The monoisotopic (exact) mass is 248 g/mol. The summed E-state index contributed by atoms with van der Waals surface area (Å²) in [6.07, 6.45) is 0. The average molecular weight is 249 g/mol. The van der Waals surface area contributed by atoms with Crippen LogP contribution >= 0.6 is 11.6 Å². The molecular formula is C12H13ClN4. The van der Waals surface area contributed by atoms with Crippen molar-refractivity contribution in [3.8, 4) is 0 Å². The summed E-state index contributed by atoms with van der Waals surface area (Å²) < 4.78 is 0. The maximum Gasteiger partial charge on any atom is 0.247 e. The van der Waals surface area contributed by atoms with Gasteiger partial charge in [-0.25, -0.2) is 4.98 Å². The minimum Gasteiger partial charge on any atom is -0.323 e. The Bertz CT molecular complexity index is 528. The first-order valence-corrected chi connectivity index (χ1v) is 5.83. The number of benzene rings is 1. The van der Waals surface area contributed by atoms with Crippen LogP contribution in [0, 0.1) is 13.8 Å². The molecule has 1 aromatic heterocycles. The molecule has 0 fully saturated rings. The zero-order valence-electron chi connectivity index (χ0n) is 9.74. The molecule has 0 amide bonds. The van der Waals surface area contributed by atoms with Gasteiger partial charge in [0.15, 0.2) is 0 Å². The SMILES string of the molecule is Cc1nnc(Nc2ccccc2CCl)nc1C. The average Bonchev–Trinajstić information content (AvgIpc) is 2.34. The molecule has 88 valence electrons. The molecule has 1 N–H and O–H groups in total. The Morgan fingerprint density at radius 2 is 1.88 bits per heavy atom. The molecule has 2 aromatic rings. The van der Waals surface area contributed by atoms with Gasteiger partial charge in [-0.15, -0.1) is 16.7 Å². The van der Waals surface area contributed by atoms with Crippen LogP contribution in [0.25, 0.3) is 0 Å². The number of hydrogen-bond acceptors (Lipinski definition) is 4. The fourth-order valence-corrected chi connectivity index (χ4v) is 1.62. The van der Waals surface area contributed by atoms with Gasteiger partial charge in [0.2, 0.25) is 5.95 Å². The third-order valence-electron chi connectivity index (χ3n) is 2.50. The van der Waals surface area contributed by atoms with Crippen LogP contribution in [0.2, 0.25) is 0 Å². The summed E-state index contributed by atoms with van der Waals surface area (Å²) in [5.41, 5.74) is 3.62. The Morgan fingerprint density at radius 3 is 2.59 bits per heavy atom. The van der Waals surface area contributed by atoms with Crippen LogP contribution in [0.3, 0.4) is 0 Å². The summed E-state index contributed by atoms with van der Waals surface area (Å²) in [4.78, 5) is 4.32. The second-order valence-corrected chi connectivity index (χ2v) is 3.99. The van der Waals surface area contributed by atoms with Gasteiger partial charge in [-0.2, -0.15) is 5.10 Å². The van der Waals surface area contributed by atoms with Crippen LogP contribution < -0.4 is 5.32 Å². The Morgan fingerprint density at radius 1 is 1.12 bits per heavy atom. The van der Waals surface area contributed by atoms with Crippen LogP contribution in [0.5, 0.6) is 0 Å². The normalized spacial score (nSPS) is 10.3. The van der Waals surface area contributed by atoms with E-state index in [4.69, 9.17) is 11.6 Å². The number of hydrogen-bond donors (Lipinski definition) is 1. The van der Waals surface area contributed by atoms with Gasteiger partial charge >= 0.3 is 0 Å². The number of nitrogens with zero attached hydrogens (tertiary/aromatic N) is 3. The molecule has 0 saturated heterocycles. The van der Waals surface area contributed by atoms with Gasteiger partial charge in [-0.05, 0) is 25.5 Å². The number of rotatable bonds is 3. The molecule has 5 heteroatoms. The predicted octanol–water partition coefficient (Wildman–Crippen LogP) is 2.97. The number of aromatic nitrogens is 3. The summed E-state index contributed by atoms with van der Waals surface area (Å²) in [7, 11) is 0. The zero-order valence-corrected chi connectivity index (χ0v) is 10.5. The highest BCUT2D eigenvalue weighted by Gasteiger charge is 2.04. The van der Waals surface area contributed by atoms with E-state index in [1.807, 2.05) is 38.1 Å². The number of aryl methyl sites for hydroxylation is 2. The van der Waals surface area contributed by atoms with Gasteiger partial charge < -0.3 is 5.32 Å².